The minimum Gasteiger partial charge on any atom is -0.475 e. The van der Waals surface area contributed by atoms with E-state index < -0.39 is 50.7 Å². The number of hydrogen-bond acceptors (Lipinski definition) is 11. The average molecular weight is 860 g/mol. The molecule has 2 N–H and O–H groups in total. The van der Waals surface area contributed by atoms with Crippen LogP contribution in [0.15, 0.2) is 42.6 Å². The first kappa shape index (κ1) is 43.8. The first-order valence-electron chi connectivity index (χ1n) is 20.6. The van der Waals surface area contributed by atoms with Crippen molar-refractivity contribution in [1.82, 2.24) is 24.8 Å². The highest BCUT2D eigenvalue weighted by Crippen LogP contribution is 2.45. The molecule has 3 aromatic heterocycles. The number of likely N-dealkylation sites (N-methyl/N-ethyl adjacent to an activating group) is 1. The van der Waals surface area contributed by atoms with Crippen molar-refractivity contribution in [3.63, 3.8) is 0 Å². The highest BCUT2D eigenvalue weighted by Gasteiger charge is 2.44. The number of halogens is 4. The lowest BCUT2D eigenvalue weighted by atomic mass is 9.95. The molecule has 5 heterocycles. The number of methoxy groups -OCH3 is 1. The second-order valence-corrected chi connectivity index (χ2v) is 22.5. The molecule has 2 aliphatic rings. The molecule has 11 nitrogen and oxygen atoms in total. The van der Waals surface area contributed by atoms with Gasteiger partial charge in [0.25, 0.3) is 5.92 Å². The standard InChI is InChI=1S/C45H53F4N7O4Si/c1-25(2)61(26(3)4,27(5)6)18-14-33-35(46)13-12-29-19-31(60-24-57-9)20-34(36(29)33)39-38(47)40-37-42(54-44(53-40)59-22-30-21-45(48,49)23-55(30)8)56(16-17-58-43(37)52-39)28(7)32-11-10-15-51-41(32)50/h10-13,15,19-20,25-28,30H,16-17,21-24H2,1-9H3,(H2,50,51)/t28?,30-/m0/s1. The summed E-state index contributed by atoms with van der Waals surface area (Å²) >= 11 is 0. The van der Waals surface area contributed by atoms with Crippen LogP contribution in [0, 0.1) is 23.1 Å². The third-order valence-electron chi connectivity index (χ3n) is 12.3. The van der Waals surface area contributed by atoms with E-state index in [9.17, 15) is 8.78 Å². The third-order valence-corrected chi connectivity index (χ3v) is 18.6. The van der Waals surface area contributed by atoms with Crippen LogP contribution in [0.25, 0.3) is 32.9 Å². The Hall–Kier alpha value is -5.24. The molecule has 0 radical (unpaired) electrons. The van der Waals surface area contributed by atoms with Crippen molar-refractivity contribution in [3.8, 4) is 40.4 Å². The number of fused-ring (bicyclic) bond motifs is 1. The zero-order valence-corrected chi connectivity index (χ0v) is 37.1. The zero-order valence-electron chi connectivity index (χ0n) is 36.1. The van der Waals surface area contributed by atoms with Crippen LogP contribution in [0.5, 0.6) is 17.6 Å². The van der Waals surface area contributed by atoms with Gasteiger partial charge in [-0.2, -0.15) is 9.97 Å². The van der Waals surface area contributed by atoms with E-state index in [1.165, 1.54) is 18.1 Å². The summed E-state index contributed by atoms with van der Waals surface area (Å²) in [7, 11) is 0.715. The normalized spacial score (nSPS) is 17.2. The number of likely N-dealkylation sites (tertiary alicyclic amines) is 1. The number of ether oxygens (including phenoxy) is 4. The van der Waals surface area contributed by atoms with Crippen molar-refractivity contribution in [3.05, 3.63) is 65.4 Å². The molecule has 61 heavy (non-hydrogen) atoms. The largest absolute Gasteiger partial charge is 0.475 e. The third kappa shape index (κ3) is 8.27. The van der Waals surface area contributed by atoms with Crippen molar-refractivity contribution in [2.45, 2.75) is 89.5 Å². The maximum atomic E-state index is 17.8. The second-order valence-electron chi connectivity index (χ2n) is 17.0. The topological polar surface area (TPSA) is 121 Å². The van der Waals surface area contributed by atoms with Gasteiger partial charge in [-0.25, -0.2) is 27.5 Å². The van der Waals surface area contributed by atoms with E-state index in [1.807, 2.05) is 17.9 Å². The van der Waals surface area contributed by atoms with Gasteiger partial charge in [-0.3, -0.25) is 4.90 Å². The number of anilines is 2. The molecule has 16 heteroatoms. The van der Waals surface area contributed by atoms with E-state index in [-0.39, 0.29) is 88.6 Å². The summed E-state index contributed by atoms with van der Waals surface area (Å²) in [6, 6.07) is 8.54. The number of nitrogens with zero attached hydrogens (tertiary/aromatic N) is 6. The van der Waals surface area contributed by atoms with Gasteiger partial charge < -0.3 is 29.6 Å². The molecular formula is C45H53F4N7O4Si. The summed E-state index contributed by atoms with van der Waals surface area (Å²) in [4.78, 5) is 21.8. The molecule has 0 spiro atoms. The summed E-state index contributed by atoms with van der Waals surface area (Å²) < 4.78 is 86.5. The van der Waals surface area contributed by atoms with Crippen molar-refractivity contribution in [2.75, 3.05) is 57.9 Å². The van der Waals surface area contributed by atoms with Gasteiger partial charge in [-0.15, -0.1) is 5.54 Å². The summed E-state index contributed by atoms with van der Waals surface area (Å²) in [5, 5.41) is 1.03. The van der Waals surface area contributed by atoms with Gasteiger partial charge in [-0.1, -0.05) is 59.6 Å². The van der Waals surface area contributed by atoms with E-state index in [1.54, 1.807) is 37.5 Å². The van der Waals surface area contributed by atoms with E-state index >= 15 is 8.78 Å². The zero-order chi connectivity index (χ0) is 44.0. The Bertz CT molecular complexity index is 2490. The lowest BCUT2D eigenvalue weighted by Gasteiger charge is -2.38. The van der Waals surface area contributed by atoms with Gasteiger partial charge in [0.15, 0.2) is 12.6 Å². The maximum absolute atomic E-state index is 17.8. The van der Waals surface area contributed by atoms with Gasteiger partial charge in [0.05, 0.1) is 24.7 Å². The smallest absolute Gasteiger partial charge is 0.319 e. The molecule has 0 bridgehead atoms. The predicted molar refractivity (Wildman–Crippen MR) is 232 cm³/mol. The number of nitrogens with two attached hydrogens (primary N) is 1. The van der Waals surface area contributed by atoms with Crippen LogP contribution >= 0.6 is 0 Å². The molecule has 7 rings (SSSR count). The molecule has 2 aliphatic heterocycles. The maximum Gasteiger partial charge on any atom is 0.319 e. The number of nitrogen functional groups attached to an aromatic ring is 1. The van der Waals surface area contributed by atoms with Gasteiger partial charge in [0.1, 0.15) is 61.1 Å². The Morgan fingerprint density at radius 2 is 1.72 bits per heavy atom. The molecule has 0 saturated carbocycles. The lowest BCUT2D eigenvalue weighted by molar-refractivity contribution is 0.0136. The molecule has 2 aromatic carbocycles. The molecule has 0 amide bonds. The Morgan fingerprint density at radius 1 is 0.984 bits per heavy atom. The Kier molecular flexibility index (Phi) is 12.4. The van der Waals surface area contributed by atoms with Gasteiger partial charge in [0, 0.05) is 42.3 Å². The molecule has 1 unspecified atom stereocenters. The monoisotopic (exact) mass is 859 g/mol. The quantitative estimate of drug-likeness (QED) is 0.0559. The van der Waals surface area contributed by atoms with Crippen LogP contribution in [0.3, 0.4) is 0 Å². The number of benzene rings is 2. The first-order chi connectivity index (χ1) is 29.0. The number of aromatic nitrogens is 4. The molecule has 1 fully saturated rings. The Labute approximate surface area is 355 Å². The highest BCUT2D eigenvalue weighted by atomic mass is 28.3. The molecule has 0 aliphatic carbocycles. The Morgan fingerprint density at radius 3 is 2.38 bits per heavy atom. The second kappa shape index (κ2) is 17.3. The summed E-state index contributed by atoms with van der Waals surface area (Å²) in [6.45, 7) is 14.6. The van der Waals surface area contributed by atoms with Gasteiger partial charge in [-0.05, 0) is 60.2 Å². The van der Waals surface area contributed by atoms with Crippen LogP contribution < -0.4 is 24.8 Å². The van der Waals surface area contributed by atoms with Gasteiger partial charge in [0.2, 0.25) is 5.88 Å². The molecule has 1 saturated heterocycles. The van der Waals surface area contributed by atoms with Crippen molar-refractivity contribution in [2.24, 2.45) is 0 Å². The molecule has 2 atom stereocenters. The van der Waals surface area contributed by atoms with Crippen LogP contribution in [-0.4, -0.2) is 92.1 Å². The van der Waals surface area contributed by atoms with E-state index in [0.29, 0.717) is 27.9 Å². The van der Waals surface area contributed by atoms with Gasteiger partial charge >= 0.3 is 6.01 Å². The highest BCUT2D eigenvalue weighted by molar-refractivity contribution is 6.90. The van der Waals surface area contributed by atoms with Crippen molar-refractivity contribution < 1.29 is 36.5 Å². The summed E-state index contributed by atoms with van der Waals surface area (Å²) in [5.41, 5.74) is 11.4. The van der Waals surface area contributed by atoms with E-state index in [0.717, 1.165) is 0 Å². The van der Waals surface area contributed by atoms with Crippen LogP contribution in [0.4, 0.5) is 29.2 Å². The molecule has 324 valence electrons. The van der Waals surface area contributed by atoms with Crippen molar-refractivity contribution >= 4 is 41.4 Å². The van der Waals surface area contributed by atoms with Crippen molar-refractivity contribution in [1.29, 1.82) is 0 Å². The number of rotatable bonds is 12. The average Bonchev–Trinajstić information content (AvgIpc) is 3.35. The lowest BCUT2D eigenvalue weighted by Crippen LogP contribution is -2.43. The summed E-state index contributed by atoms with van der Waals surface area (Å²) in [5.74, 6) is -0.147. The fraction of sp³-hybridized carbons (Fsp3) is 0.467. The fourth-order valence-corrected chi connectivity index (χ4v) is 14.5. The number of pyridine rings is 2. The van der Waals surface area contributed by atoms with E-state index in [4.69, 9.17) is 34.6 Å². The first-order valence-corrected chi connectivity index (χ1v) is 22.8. The minimum absolute atomic E-state index is 0.0308. The van der Waals surface area contributed by atoms with E-state index in [2.05, 4.69) is 63.0 Å². The molecule has 5 aromatic rings. The SMILES string of the molecule is COCOc1cc(-c2nc3c4c(nc(OC[C@@H]5CC(F)(F)CN5C)nc4c2F)N(C(C)c2cccnc2N)CCO3)c2c(C#C[Si](C(C)C)(C(C)C)C(C)C)c(F)ccc2c1. The minimum atomic E-state index is -2.89. The van der Waals surface area contributed by atoms with Crippen LogP contribution in [-0.2, 0) is 4.74 Å². The number of alkyl halides is 2. The molecular weight excluding hydrogens is 807 g/mol. The summed E-state index contributed by atoms with van der Waals surface area (Å²) in [6.07, 6.45) is 1.17. The van der Waals surface area contributed by atoms with Crippen LogP contribution in [0.2, 0.25) is 16.6 Å². The fourth-order valence-electron chi connectivity index (χ4n) is 9.29. The van der Waals surface area contributed by atoms with Crippen LogP contribution in [0.1, 0.15) is 72.1 Å². The Balaban J connectivity index is 1.49. The predicted octanol–water partition coefficient (Wildman–Crippen LogP) is 9.33. The number of hydrogen-bond donors (Lipinski definition) is 1.